The third kappa shape index (κ3) is 3.79. The quantitative estimate of drug-likeness (QED) is 0.659. The SMILES string of the molecule is CC(C)(O)CNc1ccc(Br)cc1[N+](=O)[O-]. The van der Waals surface area contributed by atoms with Crippen LogP contribution in [0, 0.1) is 10.1 Å². The van der Waals surface area contributed by atoms with Crippen LogP contribution in [0.1, 0.15) is 13.8 Å². The van der Waals surface area contributed by atoms with Crippen LogP contribution in [0.15, 0.2) is 22.7 Å². The fourth-order valence-corrected chi connectivity index (χ4v) is 1.47. The predicted octanol–water partition coefficient (Wildman–Crippen LogP) is 2.54. The van der Waals surface area contributed by atoms with Gasteiger partial charge in [0.2, 0.25) is 0 Å². The first-order chi connectivity index (χ1) is 7.29. The Balaban J connectivity index is 2.91. The van der Waals surface area contributed by atoms with Crippen molar-refractivity contribution in [3.8, 4) is 0 Å². The largest absolute Gasteiger partial charge is 0.389 e. The van der Waals surface area contributed by atoms with Crippen molar-refractivity contribution in [1.29, 1.82) is 0 Å². The second-order valence-corrected chi connectivity index (χ2v) is 5.00. The maximum absolute atomic E-state index is 10.8. The van der Waals surface area contributed by atoms with Crippen LogP contribution in [0.4, 0.5) is 11.4 Å². The zero-order valence-corrected chi connectivity index (χ0v) is 10.6. The van der Waals surface area contributed by atoms with Crippen LogP contribution in [0.3, 0.4) is 0 Å². The molecule has 0 fully saturated rings. The van der Waals surface area contributed by atoms with Gasteiger partial charge in [0.15, 0.2) is 0 Å². The molecule has 0 aromatic heterocycles. The zero-order valence-electron chi connectivity index (χ0n) is 9.03. The van der Waals surface area contributed by atoms with Gasteiger partial charge in [-0.15, -0.1) is 0 Å². The maximum Gasteiger partial charge on any atom is 0.293 e. The summed E-state index contributed by atoms with van der Waals surface area (Å²) in [4.78, 5) is 10.3. The van der Waals surface area contributed by atoms with Crippen LogP contribution in [-0.4, -0.2) is 22.2 Å². The lowest BCUT2D eigenvalue weighted by molar-refractivity contribution is -0.384. The van der Waals surface area contributed by atoms with E-state index in [4.69, 9.17) is 0 Å². The molecule has 0 saturated carbocycles. The minimum atomic E-state index is -0.916. The van der Waals surface area contributed by atoms with E-state index in [1.165, 1.54) is 6.07 Å². The molecule has 0 unspecified atom stereocenters. The normalized spacial score (nSPS) is 11.2. The van der Waals surface area contributed by atoms with Gasteiger partial charge in [-0.05, 0) is 26.0 Å². The first-order valence-electron chi connectivity index (χ1n) is 4.70. The highest BCUT2D eigenvalue weighted by molar-refractivity contribution is 9.10. The summed E-state index contributed by atoms with van der Waals surface area (Å²) in [6.07, 6.45) is 0. The molecule has 16 heavy (non-hydrogen) atoms. The van der Waals surface area contributed by atoms with E-state index < -0.39 is 10.5 Å². The van der Waals surface area contributed by atoms with Gasteiger partial charge in [0.05, 0.1) is 10.5 Å². The highest BCUT2D eigenvalue weighted by Crippen LogP contribution is 2.28. The molecule has 0 spiro atoms. The number of aliphatic hydroxyl groups is 1. The number of benzene rings is 1. The van der Waals surface area contributed by atoms with E-state index in [0.29, 0.717) is 10.2 Å². The van der Waals surface area contributed by atoms with Gasteiger partial charge in [-0.2, -0.15) is 0 Å². The predicted molar refractivity (Wildman–Crippen MR) is 65.6 cm³/mol. The fraction of sp³-hybridized carbons (Fsp3) is 0.400. The van der Waals surface area contributed by atoms with Crippen molar-refractivity contribution in [1.82, 2.24) is 0 Å². The summed E-state index contributed by atoms with van der Waals surface area (Å²) < 4.78 is 0.646. The summed E-state index contributed by atoms with van der Waals surface area (Å²) in [5.74, 6) is 0. The average Bonchev–Trinajstić information content (AvgIpc) is 2.14. The van der Waals surface area contributed by atoms with E-state index in [-0.39, 0.29) is 12.2 Å². The van der Waals surface area contributed by atoms with Crippen molar-refractivity contribution in [2.45, 2.75) is 19.4 Å². The number of nitrogens with zero attached hydrogens (tertiary/aromatic N) is 1. The molecular formula is C10H13BrN2O3. The molecule has 1 rings (SSSR count). The lowest BCUT2D eigenvalue weighted by Crippen LogP contribution is -2.29. The van der Waals surface area contributed by atoms with Crippen molar-refractivity contribution in [3.05, 3.63) is 32.8 Å². The van der Waals surface area contributed by atoms with E-state index in [2.05, 4.69) is 21.2 Å². The molecule has 0 aliphatic heterocycles. The highest BCUT2D eigenvalue weighted by atomic mass is 79.9. The lowest BCUT2D eigenvalue weighted by atomic mass is 10.1. The van der Waals surface area contributed by atoms with Crippen LogP contribution >= 0.6 is 15.9 Å². The second-order valence-electron chi connectivity index (χ2n) is 4.08. The summed E-state index contributed by atoms with van der Waals surface area (Å²) in [5, 5.41) is 23.2. The molecule has 0 atom stereocenters. The molecule has 0 heterocycles. The third-order valence-electron chi connectivity index (χ3n) is 1.87. The van der Waals surface area contributed by atoms with Gasteiger partial charge >= 0.3 is 0 Å². The Labute approximate surface area is 102 Å². The molecule has 0 radical (unpaired) electrons. The van der Waals surface area contributed by atoms with E-state index in [1.807, 2.05) is 0 Å². The molecule has 88 valence electrons. The fourth-order valence-electron chi connectivity index (χ4n) is 1.12. The van der Waals surface area contributed by atoms with Gasteiger partial charge in [0.25, 0.3) is 5.69 Å². The van der Waals surface area contributed by atoms with E-state index in [9.17, 15) is 15.2 Å². The van der Waals surface area contributed by atoms with Crippen molar-refractivity contribution >= 4 is 27.3 Å². The lowest BCUT2D eigenvalue weighted by Gasteiger charge is -2.18. The smallest absolute Gasteiger partial charge is 0.293 e. The first-order valence-corrected chi connectivity index (χ1v) is 5.49. The van der Waals surface area contributed by atoms with Crippen LogP contribution < -0.4 is 5.32 Å². The van der Waals surface area contributed by atoms with Gasteiger partial charge in [0, 0.05) is 17.1 Å². The molecule has 0 aliphatic rings. The number of nitrogens with one attached hydrogen (secondary N) is 1. The number of hydrogen-bond acceptors (Lipinski definition) is 4. The van der Waals surface area contributed by atoms with Gasteiger partial charge in [-0.3, -0.25) is 10.1 Å². The van der Waals surface area contributed by atoms with E-state index in [0.717, 1.165) is 0 Å². The Kier molecular flexibility index (Phi) is 3.88. The minimum absolute atomic E-state index is 0.0152. The molecular weight excluding hydrogens is 276 g/mol. The van der Waals surface area contributed by atoms with Crippen molar-refractivity contribution in [3.63, 3.8) is 0 Å². The Morgan fingerprint density at radius 2 is 2.19 bits per heavy atom. The van der Waals surface area contributed by atoms with Gasteiger partial charge in [-0.25, -0.2) is 0 Å². The topological polar surface area (TPSA) is 75.4 Å². The minimum Gasteiger partial charge on any atom is -0.389 e. The molecule has 0 amide bonds. The number of hydrogen-bond donors (Lipinski definition) is 2. The van der Waals surface area contributed by atoms with Crippen molar-refractivity contribution < 1.29 is 10.0 Å². The number of nitro benzene ring substituents is 1. The average molecular weight is 289 g/mol. The number of halogens is 1. The van der Waals surface area contributed by atoms with Gasteiger partial charge in [-0.1, -0.05) is 15.9 Å². The maximum atomic E-state index is 10.8. The zero-order chi connectivity index (χ0) is 12.3. The summed E-state index contributed by atoms with van der Waals surface area (Å²) in [5.41, 5.74) is -0.532. The highest BCUT2D eigenvalue weighted by Gasteiger charge is 2.17. The molecule has 1 aromatic carbocycles. The first kappa shape index (κ1) is 12.9. The summed E-state index contributed by atoms with van der Waals surface area (Å²) in [6, 6.07) is 4.74. The summed E-state index contributed by atoms with van der Waals surface area (Å²) >= 11 is 3.17. The van der Waals surface area contributed by atoms with Gasteiger partial charge in [0.1, 0.15) is 5.69 Å². The number of nitro groups is 1. The monoisotopic (exact) mass is 288 g/mol. The Hall–Kier alpha value is -1.14. The summed E-state index contributed by atoms with van der Waals surface area (Å²) in [7, 11) is 0. The molecule has 0 bridgehead atoms. The summed E-state index contributed by atoms with van der Waals surface area (Å²) in [6.45, 7) is 3.50. The second kappa shape index (κ2) is 4.80. The number of anilines is 1. The molecule has 0 aliphatic carbocycles. The van der Waals surface area contributed by atoms with Gasteiger partial charge < -0.3 is 10.4 Å². The molecule has 5 nitrogen and oxygen atoms in total. The standard InChI is InChI=1S/C10H13BrN2O3/c1-10(2,14)6-12-8-4-3-7(11)5-9(8)13(15)16/h3-5,12,14H,6H2,1-2H3. The molecule has 2 N–H and O–H groups in total. The van der Waals surface area contributed by atoms with Crippen molar-refractivity contribution in [2.24, 2.45) is 0 Å². The van der Waals surface area contributed by atoms with Crippen LogP contribution in [0.5, 0.6) is 0 Å². The number of rotatable bonds is 4. The Bertz CT molecular complexity index is 402. The van der Waals surface area contributed by atoms with E-state index >= 15 is 0 Å². The Morgan fingerprint density at radius 3 is 2.69 bits per heavy atom. The van der Waals surface area contributed by atoms with Crippen LogP contribution in [0.25, 0.3) is 0 Å². The van der Waals surface area contributed by atoms with Crippen molar-refractivity contribution in [2.75, 3.05) is 11.9 Å². The van der Waals surface area contributed by atoms with E-state index in [1.54, 1.807) is 26.0 Å². The molecule has 1 aromatic rings. The molecule has 0 saturated heterocycles. The van der Waals surface area contributed by atoms with Crippen LogP contribution in [0.2, 0.25) is 0 Å². The van der Waals surface area contributed by atoms with Crippen LogP contribution in [-0.2, 0) is 0 Å². The third-order valence-corrected chi connectivity index (χ3v) is 2.36. The molecule has 6 heteroatoms. The Morgan fingerprint density at radius 1 is 1.56 bits per heavy atom.